The highest BCUT2D eigenvalue weighted by molar-refractivity contribution is 5.51. The maximum atomic E-state index is 13.0. The first-order valence-corrected chi connectivity index (χ1v) is 8.98. The smallest absolute Gasteiger partial charge is 0.270 e. The van der Waals surface area contributed by atoms with E-state index >= 15 is 0 Å². The molecule has 2 aliphatic heterocycles. The fraction of sp³-hybridized carbons (Fsp3) is 0.300. The zero-order valence-corrected chi connectivity index (χ0v) is 15.0. The van der Waals surface area contributed by atoms with Gasteiger partial charge in [0, 0.05) is 30.8 Å². The third kappa shape index (κ3) is 3.83. The molecular weight excluding hydrogens is 367 g/mol. The summed E-state index contributed by atoms with van der Waals surface area (Å²) in [5.74, 6) is 1.50. The molecule has 2 aromatic rings. The van der Waals surface area contributed by atoms with E-state index in [1.165, 1.54) is 18.2 Å². The summed E-state index contributed by atoms with van der Waals surface area (Å²) < 4.78 is 30.1. The van der Waals surface area contributed by atoms with Gasteiger partial charge in [-0.2, -0.15) is 0 Å². The Bertz CT molecular complexity index is 894. The van der Waals surface area contributed by atoms with E-state index in [0.29, 0.717) is 43.6 Å². The van der Waals surface area contributed by atoms with E-state index in [0.717, 1.165) is 5.56 Å². The van der Waals surface area contributed by atoms with Crippen molar-refractivity contribution in [3.8, 4) is 11.5 Å². The molecule has 1 atom stereocenters. The summed E-state index contributed by atoms with van der Waals surface area (Å²) in [6, 6.07) is 10.2. The highest BCUT2D eigenvalue weighted by Crippen LogP contribution is 2.44. The minimum Gasteiger partial charge on any atom is -0.489 e. The number of hydrogen-bond donors (Lipinski definition) is 0. The van der Waals surface area contributed by atoms with Gasteiger partial charge in [0.05, 0.1) is 24.2 Å². The lowest BCUT2D eigenvalue weighted by molar-refractivity contribution is -0.384. The van der Waals surface area contributed by atoms with Gasteiger partial charge in [-0.3, -0.25) is 15.0 Å². The Balaban J connectivity index is 1.57. The van der Waals surface area contributed by atoms with Crippen LogP contribution in [0.15, 0.2) is 54.3 Å². The van der Waals surface area contributed by atoms with E-state index in [1.807, 2.05) is 6.08 Å². The second-order valence-corrected chi connectivity index (χ2v) is 6.50. The Morgan fingerprint density at radius 1 is 1.21 bits per heavy atom. The number of morpholine rings is 1. The molecule has 0 aromatic heterocycles. The zero-order valence-electron chi connectivity index (χ0n) is 15.0. The van der Waals surface area contributed by atoms with Gasteiger partial charge in [-0.15, -0.1) is 0 Å². The van der Waals surface area contributed by atoms with Crippen LogP contribution >= 0.6 is 0 Å². The molecule has 7 nitrogen and oxygen atoms in total. The molecule has 0 saturated carbocycles. The minimum atomic E-state index is -0.407. The van der Waals surface area contributed by atoms with Crippen LogP contribution < -0.4 is 9.47 Å². The highest BCUT2D eigenvalue weighted by atomic mass is 19.1. The maximum Gasteiger partial charge on any atom is 0.270 e. The number of rotatable bonds is 5. The fourth-order valence-corrected chi connectivity index (χ4v) is 3.41. The van der Waals surface area contributed by atoms with Gasteiger partial charge in [-0.25, -0.2) is 4.39 Å². The number of non-ortho nitro benzene ring substituents is 1. The lowest BCUT2D eigenvalue weighted by Crippen LogP contribution is -2.39. The SMILES string of the molecule is O=[N+]([O-])c1ccc2c(c1)C(N1CCOCC1)C(=CCOc1ccc(F)cc1)O2. The standard InChI is InChI=1S/C20H19FN2O5/c21-14-1-4-16(5-2-14)27-10-7-19-20(22-8-11-26-12-9-22)17-13-15(23(24)25)3-6-18(17)28-19/h1-7,13,20H,8-12H2. The minimum absolute atomic E-state index is 0.0319. The molecule has 4 rings (SSSR count). The molecule has 2 aliphatic rings. The van der Waals surface area contributed by atoms with Crippen LogP contribution in [0.5, 0.6) is 11.5 Å². The van der Waals surface area contributed by atoms with Crippen molar-refractivity contribution in [1.29, 1.82) is 0 Å². The van der Waals surface area contributed by atoms with Crippen LogP contribution in [0.2, 0.25) is 0 Å². The van der Waals surface area contributed by atoms with Gasteiger partial charge in [0.15, 0.2) is 0 Å². The summed E-state index contributed by atoms with van der Waals surface area (Å²) in [5.41, 5.74) is 0.800. The van der Waals surface area contributed by atoms with E-state index in [9.17, 15) is 14.5 Å². The first-order chi connectivity index (χ1) is 13.6. The number of ether oxygens (including phenoxy) is 3. The van der Waals surface area contributed by atoms with Crippen LogP contribution in [0, 0.1) is 15.9 Å². The third-order valence-electron chi connectivity index (χ3n) is 4.76. The van der Waals surface area contributed by atoms with E-state index in [1.54, 1.807) is 24.3 Å². The molecule has 8 heteroatoms. The second kappa shape index (κ2) is 7.95. The molecule has 1 unspecified atom stereocenters. The van der Waals surface area contributed by atoms with Crippen molar-refractivity contribution >= 4 is 5.69 Å². The predicted octanol–water partition coefficient (Wildman–Crippen LogP) is 3.46. The van der Waals surface area contributed by atoms with Crippen molar-refractivity contribution in [3.63, 3.8) is 0 Å². The lowest BCUT2D eigenvalue weighted by Gasteiger charge is -2.32. The van der Waals surface area contributed by atoms with E-state index in [-0.39, 0.29) is 24.2 Å². The number of nitro groups is 1. The molecule has 0 bridgehead atoms. The Morgan fingerprint density at radius 3 is 2.68 bits per heavy atom. The van der Waals surface area contributed by atoms with Crippen molar-refractivity contribution in [2.75, 3.05) is 32.9 Å². The highest BCUT2D eigenvalue weighted by Gasteiger charge is 2.36. The summed E-state index contributed by atoms with van der Waals surface area (Å²) >= 11 is 0. The van der Waals surface area contributed by atoms with Crippen LogP contribution in [0.3, 0.4) is 0 Å². The van der Waals surface area contributed by atoms with Crippen LogP contribution in [0.25, 0.3) is 0 Å². The van der Waals surface area contributed by atoms with Gasteiger partial charge in [-0.05, 0) is 36.4 Å². The number of hydrogen-bond acceptors (Lipinski definition) is 6. The average Bonchev–Trinajstić information content (AvgIpc) is 3.07. The molecule has 1 fully saturated rings. The van der Waals surface area contributed by atoms with Crippen LogP contribution in [0.4, 0.5) is 10.1 Å². The molecule has 0 amide bonds. The van der Waals surface area contributed by atoms with Crippen molar-refractivity contribution in [2.45, 2.75) is 6.04 Å². The maximum absolute atomic E-state index is 13.0. The second-order valence-electron chi connectivity index (χ2n) is 6.50. The first-order valence-electron chi connectivity index (χ1n) is 8.98. The Kier molecular flexibility index (Phi) is 5.23. The first kappa shape index (κ1) is 18.4. The number of benzene rings is 2. The van der Waals surface area contributed by atoms with Gasteiger partial charge in [0.2, 0.25) is 0 Å². The van der Waals surface area contributed by atoms with E-state index in [4.69, 9.17) is 14.2 Å². The van der Waals surface area contributed by atoms with Crippen molar-refractivity contribution in [3.05, 3.63) is 75.8 Å². The summed E-state index contributed by atoms with van der Waals surface area (Å²) in [7, 11) is 0. The normalized spacial score (nSPS) is 20.6. The monoisotopic (exact) mass is 386 g/mol. The van der Waals surface area contributed by atoms with Gasteiger partial charge < -0.3 is 14.2 Å². The topological polar surface area (TPSA) is 74.1 Å². The quantitative estimate of drug-likeness (QED) is 0.579. The molecule has 146 valence electrons. The number of nitro benzene ring substituents is 1. The molecular formula is C20H19FN2O5. The molecule has 1 saturated heterocycles. The Morgan fingerprint density at radius 2 is 1.96 bits per heavy atom. The van der Waals surface area contributed by atoms with Crippen molar-refractivity contribution < 1.29 is 23.5 Å². The molecule has 0 radical (unpaired) electrons. The molecule has 2 aromatic carbocycles. The third-order valence-corrected chi connectivity index (χ3v) is 4.76. The largest absolute Gasteiger partial charge is 0.489 e. The van der Waals surface area contributed by atoms with Crippen LogP contribution in [-0.4, -0.2) is 42.7 Å². The Labute approximate surface area is 161 Å². The molecule has 0 aliphatic carbocycles. The molecule has 28 heavy (non-hydrogen) atoms. The van der Waals surface area contributed by atoms with Crippen LogP contribution in [-0.2, 0) is 4.74 Å². The van der Waals surface area contributed by atoms with Crippen molar-refractivity contribution in [2.24, 2.45) is 0 Å². The van der Waals surface area contributed by atoms with Gasteiger partial charge in [-0.1, -0.05) is 0 Å². The Hall–Kier alpha value is -2.97. The summed E-state index contributed by atoms with van der Waals surface area (Å²) in [5, 5.41) is 11.2. The number of halogens is 1. The predicted molar refractivity (Wildman–Crippen MR) is 98.8 cm³/mol. The molecule has 0 N–H and O–H groups in total. The van der Waals surface area contributed by atoms with Gasteiger partial charge in [0.1, 0.15) is 29.7 Å². The fourth-order valence-electron chi connectivity index (χ4n) is 3.41. The number of nitrogens with zero attached hydrogens (tertiary/aromatic N) is 2. The summed E-state index contributed by atoms with van der Waals surface area (Å²) in [4.78, 5) is 13.0. The summed E-state index contributed by atoms with van der Waals surface area (Å²) in [6.45, 7) is 2.83. The lowest BCUT2D eigenvalue weighted by atomic mass is 10.0. The van der Waals surface area contributed by atoms with E-state index in [2.05, 4.69) is 4.90 Å². The molecule has 2 heterocycles. The van der Waals surface area contributed by atoms with Crippen LogP contribution in [0.1, 0.15) is 11.6 Å². The molecule has 0 spiro atoms. The van der Waals surface area contributed by atoms with Gasteiger partial charge >= 0.3 is 0 Å². The van der Waals surface area contributed by atoms with Crippen molar-refractivity contribution in [1.82, 2.24) is 4.90 Å². The summed E-state index contributed by atoms with van der Waals surface area (Å²) in [6.07, 6.45) is 1.81. The van der Waals surface area contributed by atoms with E-state index < -0.39 is 4.92 Å². The average molecular weight is 386 g/mol. The van der Waals surface area contributed by atoms with Gasteiger partial charge in [0.25, 0.3) is 5.69 Å². The number of fused-ring (bicyclic) bond motifs is 1. The zero-order chi connectivity index (χ0) is 19.5.